The van der Waals surface area contributed by atoms with Gasteiger partial charge in [0, 0.05) is 0 Å². The predicted molar refractivity (Wildman–Crippen MR) is 63.7 cm³/mol. The van der Waals surface area contributed by atoms with Crippen LogP contribution in [0, 0.1) is 11.3 Å². The molecule has 1 aliphatic rings. The van der Waals surface area contributed by atoms with Gasteiger partial charge in [0.2, 0.25) is 0 Å². The lowest BCUT2D eigenvalue weighted by Crippen LogP contribution is -1.97. The number of aromatic hydroxyl groups is 1. The van der Waals surface area contributed by atoms with Gasteiger partial charge in [0.25, 0.3) is 0 Å². The maximum absolute atomic E-state index is 9.23. The van der Waals surface area contributed by atoms with Crippen LogP contribution in [0.5, 0.6) is 5.75 Å². The van der Waals surface area contributed by atoms with E-state index in [4.69, 9.17) is 0 Å². The summed E-state index contributed by atoms with van der Waals surface area (Å²) in [7, 11) is 0. The van der Waals surface area contributed by atoms with Gasteiger partial charge in [-0.3, -0.25) is 0 Å². The van der Waals surface area contributed by atoms with E-state index < -0.39 is 0 Å². The third-order valence-electron chi connectivity index (χ3n) is 3.08. The monoisotopic (exact) mass is 213 g/mol. The number of nitrogens with zero attached hydrogens (tertiary/aromatic N) is 1. The number of allylic oxidation sites excluding steroid dienone is 2. The van der Waals surface area contributed by atoms with Crippen molar-refractivity contribution >= 4 is 5.57 Å². The number of nitriles is 1. The van der Waals surface area contributed by atoms with Crippen LogP contribution in [-0.4, -0.2) is 5.11 Å². The van der Waals surface area contributed by atoms with E-state index in [2.05, 4.69) is 6.07 Å². The molecule has 2 heteroatoms. The molecule has 0 aromatic heterocycles. The van der Waals surface area contributed by atoms with E-state index in [1.165, 1.54) is 24.8 Å². The van der Waals surface area contributed by atoms with Gasteiger partial charge in [-0.25, -0.2) is 0 Å². The van der Waals surface area contributed by atoms with Gasteiger partial charge >= 0.3 is 0 Å². The lowest BCUT2D eigenvalue weighted by atomic mass is 9.89. The van der Waals surface area contributed by atoms with Crippen LogP contribution in [0.15, 0.2) is 29.8 Å². The van der Waals surface area contributed by atoms with Crippen molar-refractivity contribution in [3.8, 4) is 11.8 Å². The van der Waals surface area contributed by atoms with Crippen molar-refractivity contribution in [2.24, 2.45) is 0 Å². The summed E-state index contributed by atoms with van der Waals surface area (Å²) in [4.78, 5) is 0. The molecule has 1 aliphatic carbocycles. The summed E-state index contributed by atoms with van der Waals surface area (Å²) in [6.07, 6.45) is 5.75. The highest BCUT2D eigenvalue weighted by Crippen LogP contribution is 2.30. The zero-order valence-corrected chi connectivity index (χ0v) is 9.24. The first-order valence-electron chi connectivity index (χ1n) is 5.73. The second-order valence-electron chi connectivity index (χ2n) is 4.20. The van der Waals surface area contributed by atoms with Gasteiger partial charge in [0.15, 0.2) is 0 Å². The van der Waals surface area contributed by atoms with E-state index in [9.17, 15) is 10.4 Å². The van der Waals surface area contributed by atoms with Crippen LogP contribution in [0.25, 0.3) is 5.57 Å². The zero-order chi connectivity index (χ0) is 11.4. The molecule has 1 aromatic carbocycles. The molecule has 1 N–H and O–H groups in total. The van der Waals surface area contributed by atoms with Gasteiger partial charge in [0.05, 0.1) is 11.6 Å². The topological polar surface area (TPSA) is 44.0 Å². The van der Waals surface area contributed by atoms with Crippen LogP contribution in [0.1, 0.15) is 37.7 Å². The number of phenolic OH excluding ortho intramolecular Hbond substituents is 1. The summed E-state index contributed by atoms with van der Waals surface area (Å²) in [5.74, 6) is 0.245. The Hall–Kier alpha value is -1.75. The van der Waals surface area contributed by atoms with Crippen molar-refractivity contribution in [1.82, 2.24) is 0 Å². The molecule has 0 bridgehead atoms. The fourth-order valence-corrected chi connectivity index (χ4v) is 2.20. The second kappa shape index (κ2) is 4.85. The largest absolute Gasteiger partial charge is 0.508 e. The molecule has 1 aromatic rings. The summed E-state index contributed by atoms with van der Waals surface area (Å²) >= 11 is 0. The molecule has 16 heavy (non-hydrogen) atoms. The Morgan fingerprint density at radius 1 is 1.06 bits per heavy atom. The van der Waals surface area contributed by atoms with Gasteiger partial charge in [-0.15, -0.1) is 0 Å². The molecular weight excluding hydrogens is 198 g/mol. The van der Waals surface area contributed by atoms with Crippen molar-refractivity contribution in [2.45, 2.75) is 32.1 Å². The molecule has 1 fully saturated rings. The average molecular weight is 213 g/mol. The zero-order valence-electron chi connectivity index (χ0n) is 9.24. The highest BCUT2D eigenvalue weighted by molar-refractivity contribution is 5.79. The summed E-state index contributed by atoms with van der Waals surface area (Å²) in [5.41, 5.74) is 3.01. The average Bonchev–Trinajstić information content (AvgIpc) is 2.34. The Balaban J connectivity index is 2.35. The first-order chi connectivity index (χ1) is 7.81. The van der Waals surface area contributed by atoms with Gasteiger partial charge in [0.1, 0.15) is 5.75 Å². The standard InChI is InChI=1S/C14H15NO/c15-10-14(11-4-2-1-3-5-11)12-6-8-13(16)9-7-12/h6-9,16H,1-5H2. The minimum atomic E-state index is 0.245. The summed E-state index contributed by atoms with van der Waals surface area (Å²) < 4.78 is 0. The summed E-state index contributed by atoms with van der Waals surface area (Å²) in [5, 5.41) is 18.5. The van der Waals surface area contributed by atoms with Crippen LogP contribution in [0.2, 0.25) is 0 Å². The Morgan fingerprint density at radius 3 is 2.25 bits per heavy atom. The fraction of sp³-hybridized carbons (Fsp3) is 0.357. The highest BCUT2D eigenvalue weighted by atomic mass is 16.3. The Kier molecular flexibility index (Phi) is 3.26. The first-order valence-corrected chi connectivity index (χ1v) is 5.73. The Morgan fingerprint density at radius 2 is 1.69 bits per heavy atom. The predicted octanol–water partition coefficient (Wildman–Crippen LogP) is 3.63. The number of benzene rings is 1. The van der Waals surface area contributed by atoms with E-state index in [1.807, 2.05) is 12.1 Å². The molecule has 0 aliphatic heterocycles. The smallest absolute Gasteiger partial charge is 0.115 e. The van der Waals surface area contributed by atoms with Crippen LogP contribution in [0.4, 0.5) is 0 Å². The SMILES string of the molecule is N#CC(=C1CCCCC1)c1ccc(O)cc1. The van der Waals surface area contributed by atoms with Gasteiger partial charge in [-0.2, -0.15) is 5.26 Å². The quantitative estimate of drug-likeness (QED) is 0.724. The molecule has 82 valence electrons. The van der Waals surface area contributed by atoms with Crippen LogP contribution in [-0.2, 0) is 0 Å². The Bertz CT molecular complexity index is 429. The van der Waals surface area contributed by atoms with Crippen molar-refractivity contribution in [3.63, 3.8) is 0 Å². The summed E-state index contributed by atoms with van der Waals surface area (Å²) in [6, 6.07) is 9.21. The van der Waals surface area contributed by atoms with Crippen molar-refractivity contribution < 1.29 is 5.11 Å². The van der Waals surface area contributed by atoms with Gasteiger partial charge in [-0.1, -0.05) is 12.0 Å². The van der Waals surface area contributed by atoms with E-state index in [0.29, 0.717) is 0 Å². The number of phenols is 1. The third-order valence-corrected chi connectivity index (χ3v) is 3.08. The van der Waals surface area contributed by atoms with Crippen molar-refractivity contribution in [1.29, 1.82) is 5.26 Å². The van der Waals surface area contributed by atoms with Crippen LogP contribution < -0.4 is 0 Å². The van der Waals surface area contributed by atoms with Crippen molar-refractivity contribution in [3.05, 3.63) is 35.4 Å². The molecule has 2 nitrogen and oxygen atoms in total. The fourth-order valence-electron chi connectivity index (χ4n) is 2.20. The van der Waals surface area contributed by atoms with Crippen molar-refractivity contribution in [2.75, 3.05) is 0 Å². The maximum atomic E-state index is 9.23. The van der Waals surface area contributed by atoms with Crippen LogP contribution in [0.3, 0.4) is 0 Å². The molecule has 0 amide bonds. The van der Waals surface area contributed by atoms with Crippen LogP contribution >= 0.6 is 0 Å². The highest BCUT2D eigenvalue weighted by Gasteiger charge is 2.12. The molecule has 0 saturated heterocycles. The molecule has 2 rings (SSSR count). The van der Waals surface area contributed by atoms with Gasteiger partial charge in [-0.05, 0) is 55.5 Å². The molecule has 0 atom stereocenters. The second-order valence-corrected chi connectivity index (χ2v) is 4.20. The van der Waals surface area contributed by atoms with E-state index in [1.54, 1.807) is 12.1 Å². The van der Waals surface area contributed by atoms with E-state index in [-0.39, 0.29) is 5.75 Å². The lowest BCUT2D eigenvalue weighted by molar-refractivity contribution is 0.475. The molecule has 0 unspecified atom stereocenters. The maximum Gasteiger partial charge on any atom is 0.115 e. The number of rotatable bonds is 1. The lowest BCUT2D eigenvalue weighted by Gasteiger charge is -2.15. The molecule has 0 heterocycles. The number of hydrogen-bond donors (Lipinski definition) is 1. The minimum Gasteiger partial charge on any atom is -0.508 e. The third kappa shape index (κ3) is 2.25. The first kappa shape index (κ1) is 10.8. The molecular formula is C14H15NO. The normalized spacial score (nSPS) is 15.6. The Labute approximate surface area is 95.8 Å². The molecule has 1 saturated carbocycles. The molecule has 0 radical (unpaired) electrons. The van der Waals surface area contributed by atoms with Gasteiger partial charge < -0.3 is 5.11 Å². The number of hydrogen-bond acceptors (Lipinski definition) is 2. The summed E-state index contributed by atoms with van der Waals surface area (Å²) in [6.45, 7) is 0. The van der Waals surface area contributed by atoms with E-state index in [0.717, 1.165) is 24.0 Å². The van der Waals surface area contributed by atoms with E-state index >= 15 is 0 Å². The molecule has 0 spiro atoms. The minimum absolute atomic E-state index is 0.245.